The Morgan fingerprint density at radius 1 is 1.13 bits per heavy atom. The lowest BCUT2D eigenvalue weighted by Crippen LogP contribution is -2.37. The van der Waals surface area contributed by atoms with Crippen molar-refractivity contribution in [2.24, 2.45) is 4.99 Å². The van der Waals surface area contributed by atoms with Crippen molar-refractivity contribution >= 4 is 29.9 Å². The SMILES string of the molecule is CCNC(=NCc1cc(F)ccc1F)NCc1nc(-c2ccc(OC)cc2)n[nH]1.I. The summed E-state index contributed by atoms with van der Waals surface area (Å²) in [7, 11) is 1.61. The van der Waals surface area contributed by atoms with Gasteiger partial charge >= 0.3 is 0 Å². The largest absolute Gasteiger partial charge is 0.497 e. The van der Waals surface area contributed by atoms with Gasteiger partial charge in [-0.1, -0.05) is 0 Å². The lowest BCUT2D eigenvalue weighted by molar-refractivity contribution is 0.415. The number of H-pyrrole nitrogens is 1. The van der Waals surface area contributed by atoms with Crippen LogP contribution in [0.15, 0.2) is 47.5 Å². The van der Waals surface area contributed by atoms with Crippen LogP contribution in [0.2, 0.25) is 0 Å². The van der Waals surface area contributed by atoms with Gasteiger partial charge < -0.3 is 15.4 Å². The molecule has 30 heavy (non-hydrogen) atoms. The molecule has 0 bridgehead atoms. The van der Waals surface area contributed by atoms with Gasteiger partial charge in [-0.2, -0.15) is 5.10 Å². The molecule has 3 N–H and O–H groups in total. The van der Waals surface area contributed by atoms with Gasteiger partial charge in [-0.25, -0.2) is 18.8 Å². The van der Waals surface area contributed by atoms with Crippen LogP contribution in [0.25, 0.3) is 11.4 Å². The summed E-state index contributed by atoms with van der Waals surface area (Å²) in [5.74, 6) is 1.39. The van der Waals surface area contributed by atoms with E-state index in [4.69, 9.17) is 4.74 Å². The third-order valence-electron chi connectivity index (χ3n) is 4.06. The predicted octanol–water partition coefficient (Wildman–Crippen LogP) is 3.63. The van der Waals surface area contributed by atoms with Crippen molar-refractivity contribution in [3.8, 4) is 17.1 Å². The molecule has 1 heterocycles. The van der Waals surface area contributed by atoms with Gasteiger partial charge in [0.2, 0.25) is 0 Å². The third kappa shape index (κ3) is 6.37. The second-order valence-electron chi connectivity index (χ2n) is 6.12. The maximum absolute atomic E-state index is 13.8. The first kappa shape index (κ1) is 23.5. The van der Waals surface area contributed by atoms with Crippen LogP contribution in [-0.4, -0.2) is 34.8 Å². The number of methoxy groups -OCH3 is 1. The molecule has 0 spiro atoms. The summed E-state index contributed by atoms with van der Waals surface area (Å²) >= 11 is 0. The number of nitrogens with one attached hydrogen (secondary N) is 3. The smallest absolute Gasteiger partial charge is 0.191 e. The van der Waals surface area contributed by atoms with E-state index in [-0.39, 0.29) is 36.1 Å². The van der Waals surface area contributed by atoms with E-state index in [0.717, 1.165) is 29.5 Å². The molecule has 1 aromatic heterocycles. The molecule has 3 rings (SSSR count). The van der Waals surface area contributed by atoms with Crippen LogP contribution in [0.3, 0.4) is 0 Å². The van der Waals surface area contributed by atoms with E-state index in [9.17, 15) is 8.78 Å². The normalized spacial score (nSPS) is 11.0. The van der Waals surface area contributed by atoms with Gasteiger partial charge in [0.05, 0.1) is 20.2 Å². The molecule has 2 aromatic carbocycles. The second kappa shape index (κ2) is 11.4. The lowest BCUT2D eigenvalue weighted by Gasteiger charge is -2.10. The fourth-order valence-corrected chi connectivity index (χ4v) is 2.58. The highest BCUT2D eigenvalue weighted by atomic mass is 127. The maximum atomic E-state index is 13.8. The van der Waals surface area contributed by atoms with Gasteiger partial charge in [-0.15, -0.1) is 24.0 Å². The number of aromatic nitrogens is 3. The number of aromatic amines is 1. The Hall–Kier alpha value is -2.76. The number of hydrogen-bond donors (Lipinski definition) is 3. The number of guanidine groups is 1. The minimum atomic E-state index is -0.498. The predicted molar refractivity (Wildman–Crippen MR) is 122 cm³/mol. The summed E-state index contributed by atoms with van der Waals surface area (Å²) in [6, 6.07) is 10.7. The number of aliphatic imine (C=N–C) groups is 1. The van der Waals surface area contributed by atoms with Crippen LogP contribution in [-0.2, 0) is 13.1 Å². The van der Waals surface area contributed by atoms with Crippen molar-refractivity contribution < 1.29 is 13.5 Å². The Balaban J connectivity index is 0.00000320. The van der Waals surface area contributed by atoms with Gasteiger partial charge in [0.15, 0.2) is 11.8 Å². The Morgan fingerprint density at radius 2 is 1.90 bits per heavy atom. The van der Waals surface area contributed by atoms with Gasteiger partial charge in [-0.05, 0) is 49.4 Å². The number of halogens is 3. The average molecular weight is 528 g/mol. The van der Waals surface area contributed by atoms with E-state index >= 15 is 0 Å². The highest BCUT2D eigenvalue weighted by Crippen LogP contribution is 2.18. The van der Waals surface area contributed by atoms with E-state index in [1.807, 2.05) is 31.2 Å². The standard InChI is InChI=1S/C20H22F2N6O.HI/c1-3-23-20(24-11-14-10-15(21)6-9-17(14)22)25-12-18-26-19(28-27-18)13-4-7-16(29-2)8-5-13;/h4-10H,3,11-12H2,1-2H3,(H2,23,24,25)(H,26,27,28);1H. The van der Waals surface area contributed by atoms with Gasteiger partial charge in [0.1, 0.15) is 23.2 Å². The molecule has 160 valence electrons. The van der Waals surface area contributed by atoms with E-state index < -0.39 is 11.6 Å². The molecular formula is C20H23F2IN6O. The third-order valence-corrected chi connectivity index (χ3v) is 4.06. The fraction of sp³-hybridized carbons (Fsp3) is 0.250. The Labute approximate surface area is 190 Å². The van der Waals surface area contributed by atoms with Crippen molar-refractivity contribution in [3.05, 3.63) is 65.5 Å². The molecule has 0 aliphatic carbocycles. The first-order chi connectivity index (χ1) is 14.1. The van der Waals surface area contributed by atoms with Crippen LogP contribution < -0.4 is 15.4 Å². The summed E-state index contributed by atoms with van der Waals surface area (Å²) in [4.78, 5) is 8.75. The summed E-state index contributed by atoms with van der Waals surface area (Å²) in [5.41, 5.74) is 1.04. The van der Waals surface area contributed by atoms with E-state index in [2.05, 4.69) is 30.8 Å². The topological polar surface area (TPSA) is 87.2 Å². The average Bonchev–Trinajstić information content (AvgIpc) is 3.21. The zero-order valence-corrected chi connectivity index (χ0v) is 18.9. The van der Waals surface area contributed by atoms with Crippen LogP contribution in [0, 0.1) is 11.6 Å². The molecule has 0 fully saturated rings. The van der Waals surface area contributed by atoms with E-state index in [0.29, 0.717) is 30.7 Å². The van der Waals surface area contributed by atoms with Gasteiger partial charge in [-0.3, -0.25) is 5.10 Å². The second-order valence-corrected chi connectivity index (χ2v) is 6.12. The first-order valence-electron chi connectivity index (χ1n) is 9.11. The molecule has 0 aliphatic heterocycles. The van der Waals surface area contributed by atoms with Crippen LogP contribution in [0.4, 0.5) is 8.78 Å². The quantitative estimate of drug-likeness (QED) is 0.248. The Morgan fingerprint density at radius 3 is 2.60 bits per heavy atom. The minimum Gasteiger partial charge on any atom is -0.497 e. The maximum Gasteiger partial charge on any atom is 0.191 e. The molecular weight excluding hydrogens is 505 g/mol. The molecule has 0 saturated carbocycles. The number of nitrogens with zero attached hydrogens (tertiary/aromatic N) is 3. The van der Waals surface area contributed by atoms with Crippen molar-refractivity contribution in [2.45, 2.75) is 20.0 Å². The zero-order valence-electron chi connectivity index (χ0n) is 16.6. The van der Waals surface area contributed by atoms with E-state index in [1.54, 1.807) is 7.11 Å². The Kier molecular flexibility index (Phi) is 8.96. The van der Waals surface area contributed by atoms with Crippen molar-refractivity contribution in [1.29, 1.82) is 0 Å². The monoisotopic (exact) mass is 528 g/mol. The van der Waals surface area contributed by atoms with Crippen molar-refractivity contribution in [1.82, 2.24) is 25.8 Å². The molecule has 0 saturated heterocycles. The molecule has 0 amide bonds. The molecule has 0 aliphatic rings. The minimum absolute atomic E-state index is 0. The lowest BCUT2D eigenvalue weighted by atomic mass is 10.2. The molecule has 10 heteroatoms. The molecule has 0 unspecified atom stereocenters. The summed E-state index contributed by atoms with van der Waals surface area (Å²) in [6.45, 7) is 2.87. The van der Waals surface area contributed by atoms with E-state index in [1.165, 1.54) is 0 Å². The van der Waals surface area contributed by atoms with Crippen LogP contribution in [0.5, 0.6) is 5.75 Å². The number of rotatable bonds is 7. The van der Waals surface area contributed by atoms with Crippen molar-refractivity contribution in [3.63, 3.8) is 0 Å². The Bertz CT molecular complexity index is 978. The molecule has 0 atom stereocenters. The molecule has 7 nitrogen and oxygen atoms in total. The summed E-state index contributed by atoms with van der Waals surface area (Å²) < 4.78 is 32.2. The van der Waals surface area contributed by atoms with Gasteiger partial charge in [0, 0.05) is 17.7 Å². The highest BCUT2D eigenvalue weighted by Gasteiger charge is 2.08. The number of benzene rings is 2. The van der Waals surface area contributed by atoms with Crippen LogP contribution in [0.1, 0.15) is 18.3 Å². The van der Waals surface area contributed by atoms with Gasteiger partial charge in [0.25, 0.3) is 0 Å². The number of ether oxygens (including phenoxy) is 1. The summed E-state index contributed by atoms with van der Waals surface area (Å²) in [6.07, 6.45) is 0. The highest BCUT2D eigenvalue weighted by molar-refractivity contribution is 14.0. The van der Waals surface area contributed by atoms with Crippen LogP contribution >= 0.6 is 24.0 Å². The summed E-state index contributed by atoms with van der Waals surface area (Å²) in [5, 5.41) is 13.2. The molecule has 0 radical (unpaired) electrons. The number of hydrogen-bond acceptors (Lipinski definition) is 4. The molecule has 3 aromatic rings. The fourth-order valence-electron chi connectivity index (χ4n) is 2.58. The first-order valence-corrected chi connectivity index (χ1v) is 9.11. The zero-order chi connectivity index (χ0) is 20.6. The van der Waals surface area contributed by atoms with Crippen molar-refractivity contribution in [2.75, 3.05) is 13.7 Å².